The third-order valence-electron chi connectivity index (χ3n) is 2.39. The van der Waals surface area contributed by atoms with Crippen molar-refractivity contribution in [2.45, 2.75) is 23.6 Å². The van der Waals surface area contributed by atoms with E-state index >= 15 is 0 Å². The molecule has 1 saturated heterocycles. The first kappa shape index (κ1) is 15.1. The van der Waals surface area contributed by atoms with Gasteiger partial charge in [0.05, 0.1) is 35.3 Å². The Labute approximate surface area is 110 Å². The summed E-state index contributed by atoms with van der Waals surface area (Å²) in [6.07, 6.45) is 0. The predicted molar refractivity (Wildman–Crippen MR) is 69.2 cm³/mol. The van der Waals surface area contributed by atoms with Crippen molar-refractivity contribution in [1.82, 2.24) is 5.32 Å². The molecule has 2 N–H and O–H groups in total. The second kappa shape index (κ2) is 6.26. The van der Waals surface area contributed by atoms with E-state index in [1.165, 1.54) is 11.8 Å². The second-order valence-electron chi connectivity index (χ2n) is 4.07. The Kier molecular flexibility index (Phi) is 5.56. The van der Waals surface area contributed by atoms with Gasteiger partial charge in [-0.1, -0.05) is 6.92 Å². The summed E-state index contributed by atoms with van der Waals surface area (Å²) in [5.41, 5.74) is 0. The van der Waals surface area contributed by atoms with E-state index in [0.717, 1.165) is 0 Å². The molecule has 0 bridgehead atoms. The molecule has 3 unspecified atom stereocenters. The molecule has 100 valence electrons. The summed E-state index contributed by atoms with van der Waals surface area (Å²) in [7, 11) is -3.12. The average molecular weight is 302 g/mol. The zero-order chi connectivity index (χ0) is 13.1. The van der Waals surface area contributed by atoms with Gasteiger partial charge in [0.25, 0.3) is 0 Å². The Morgan fingerprint density at radius 3 is 2.71 bits per heavy atom. The number of hydrogen-bond acceptors (Lipinski definition) is 5. The lowest BCUT2D eigenvalue weighted by atomic mass is 10.2. The Hall–Kier alpha value is 0.0200. The van der Waals surface area contributed by atoms with E-state index in [4.69, 9.17) is 16.7 Å². The van der Waals surface area contributed by atoms with Crippen LogP contribution in [-0.4, -0.2) is 60.0 Å². The number of carbonyl (C=O) groups excluding carboxylic acids is 1. The number of sulfone groups is 1. The number of amides is 1. The van der Waals surface area contributed by atoms with Crippen LogP contribution in [0.5, 0.6) is 0 Å². The molecule has 0 radical (unpaired) electrons. The van der Waals surface area contributed by atoms with Crippen molar-refractivity contribution in [1.29, 1.82) is 0 Å². The van der Waals surface area contributed by atoms with Gasteiger partial charge in [0.1, 0.15) is 0 Å². The van der Waals surface area contributed by atoms with Gasteiger partial charge in [-0.05, 0) is 0 Å². The molecule has 0 aromatic carbocycles. The maximum Gasteiger partial charge on any atom is 0.230 e. The highest BCUT2D eigenvalue weighted by Gasteiger charge is 2.37. The minimum atomic E-state index is -3.12. The number of carbonyl (C=O) groups is 1. The van der Waals surface area contributed by atoms with E-state index in [1.807, 2.05) is 6.92 Å². The number of thioether (sulfide) groups is 1. The van der Waals surface area contributed by atoms with Crippen molar-refractivity contribution < 1.29 is 18.3 Å². The Bertz CT molecular complexity index is 373. The van der Waals surface area contributed by atoms with Gasteiger partial charge in [-0.2, -0.15) is 0 Å². The highest BCUT2D eigenvalue weighted by Crippen LogP contribution is 2.18. The van der Waals surface area contributed by atoms with E-state index in [0.29, 0.717) is 0 Å². The molecule has 1 amide bonds. The fraction of sp³-hybridized carbons (Fsp3) is 0.889. The molecule has 1 aliphatic rings. The second-order valence-corrected chi connectivity index (χ2v) is 8.21. The summed E-state index contributed by atoms with van der Waals surface area (Å²) in [6, 6.07) is -0.501. The van der Waals surface area contributed by atoms with Gasteiger partial charge < -0.3 is 10.4 Å². The van der Waals surface area contributed by atoms with Crippen LogP contribution >= 0.6 is 23.4 Å². The molecule has 0 spiro atoms. The van der Waals surface area contributed by atoms with Crippen molar-refractivity contribution in [2.75, 3.05) is 23.9 Å². The molecule has 0 aromatic rings. The molecule has 0 aromatic heterocycles. The Balaban J connectivity index is 2.37. The third-order valence-corrected chi connectivity index (χ3v) is 5.91. The lowest BCUT2D eigenvalue weighted by Gasteiger charge is -2.15. The van der Waals surface area contributed by atoms with E-state index in [9.17, 15) is 13.2 Å². The highest BCUT2D eigenvalue weighted by atomic mass is 35.5. The maximum absolute atomic E-state index is 11.5. The fourth-order valence-corrected chi connectivity index (χ4v) is 4.63. The van der Waals surface area contributed by atoms with Crippen molar-refractivity contribution in [3.63, 3.8) is 0 Å². The van der Waals surface area contributed by atoms with E-state index in [1.54, 1.807) is 0 Å². The summed E-state index contributed by atoms with van der Waals surface area (Å²) in [6.45, 7) is 1.82. The van der Waals surface area contributed by atoms with Crippen LogP contribution in [0.4, 0.5) is 0 Å². The minimum Gasteiger partial charge on any atom is -0.395 e. The van der Waals surface area contributed by atoms with Crippen molar-refractivity contribution >= 4 is 39.1 Å². The number of hydrogen-bond donors (Lipinski definition) is 2. The zero-order valence-electron chi connectivity index (χ0n) is 9.43. The van der Waals surface area contributed by atoms with E-state index < -0.39 is 21.3 Å². The molecule has 0 saturated carbocycles. The predicted octanol–water partition coefficient (Wildman–Crippen LogP) is -0.379. The summed E-state index contributed by atoms with van der Waals surface area (Å²) < 4.78 is 22.5. The van der Waals surface area contributed by atoms with Crippen molar-refractivity contribution in [3.8, 4) is 0 Å². The van der Waals surface area contributed by atoms with Crippen LogP contribution in [0.25, 0.3) is 0 Å². The average Bonchev–Trinajstić information content (AvgIpc) is 2.48. The zero-order valence-corrected chi connectivity index (χ0v) is 11.8. The molecule has 5 nitrogen and oxygen atoms in total. The molecule has 0 aliphatic carbocycles. The quantitative estimate of drug-likeness (QED) is 0.677. The molecule has 1 fully saturated rings. The molecule has 8 heteroatoms. The van der Waals surface area contributed by atoms with Crippen LogP contribution < -0.4 is 5.32 Å². The maximum atomic E-state index is 11.5. The summed E-state index contributed by atoms with van der Waals surface area (Å²) in [4.78, 5) is 11.5. The lowest BCUT2D eigenvalue weighted by molar-refractivity contribution is -0.119. The minimum absolute atomic E-state index is 0.00782. The van der Waals surface area contributed by atoms with Gasteiger partial charge in [-0.25, -0.2) is 8.42 Å². The molecule has 17 heavy (non-hydrogen) atoms. The molecule has 1 heterocycles. The number of rotatable bonds is 5. The SMILES string of the molecule is CC(CO)SCC(=O)NC1CS(=O)(=O)CC1Cl. The highest BCUT2D eigenvalue weighted by molar-refractivity contribution is 8.00. The van der Waals surface area contributed by atoms with Crippen LogP contribution in [0, 0.1) is 0 Å². The van der Waals surface area contributed by atoms with Crippen LogP contribution in [0.3, 0.4) is 0 Å². The number of aliphatic hydroxyl groups is 1. The van der Waals surface area contributed by atoms with Crippen LogP contribution in [-0.2, 0) is 14.6 Å². The van der Waals surface area contributed by atoms with Crippen LogP contribution in [0.2, 0.25) is 0 Å². The smallest absolute Gasteiger partial charge is 0.230 e. The first-order chi connectivity index (χ1) is 7.84. The monoisotopic (exact) mass is 301 g/mol. The standard InChI is InChI=1S/C9H16ClNO4S2/c1-6(2-12)16-3-9(13)11-8-5-17(14,15)4-7(8)10/h6-8,12H,2-5H2,1H3,(H,11,13). The Morgan fingerprint density at radius 2 is 2.24 bits per heavy atom. The summed E-state index contributed by atoms with van der Waals surface area (Å²) in [5, 5.41) is 10.8. The first-order valence-corrected chi connectivity index (χ1v) is 8.51. The normalized spacial score (nSPS) is 28.9. The number of halogens is 1. The van der Waals surface area contributed by atoms with Gasteiger partial charge in [0, 0.05) is 5.25 Å². The lowest BCUT2D eigenvalue weighted by Crippen LogP contribution is -2.41. The number of aliphatic hydroxyl groups excluding tert-OH is 1. The van der Waals surface area contributed by atoms with Crippen LogP contribution in [0.1, 0.15) is 6.92 Å². The van der Waals surface area contributed by atoms with Gasteiger partial charge in [-0.3, -0.25) is 4.79 Å². The van der Waals surface area contributed by atoms with Gasteiger partial charge in [-0.15, -0.1) is 23.4 Å². The van der Waals surface area contributed by atoms with Crippen LogP contribution in [0.15, 0.2) is 0 Å². The number of nitrogens with one attached hydrogen (secondary N) is 1. The van der Waals surface area contributed by atoms with E-state index in [-0.39, 0.29) is 35.0 Å². The molecule has 3 atom stereocenters. The van der Waals surface area contributed by atoms with Crippen molar-refractivity contribution in [2.24, 2.45) is 0 Å². The summed E-state index contributed by atoms with van der Waals surface area (Å²) in [5.74, 6) is -0.225. The molecular weight excluding hydrogens is 286 g/mol. The van der Waals surface area contributed by atoms with Gasteiger partial charge >= 0.3 is 0 Å². The first-order valence-electron chi connectivity index (χ1n) is 5.20. The molecular formula is C9H16ClNO4S2. The fourth-order valence-electron chi connectivity index (χ4n) is 1.46. The summed E-state index contributed by atoms with van der Waals surface area (Å²) >= 11 is 7.17. The van der Waals surface area contributed by atoms with Gasteiger partial charge in [0.15, 0.2) is 9.84 Å². The third kappa shape index (κ3) is 5.03. The topological polar surface area (TPSA) is 83.5 Å². The number of alkyl halides is 1. The van der Waals surface area contributed by atoms with Gasteiger partial charge in [0.2, 0.25) is 5.91 Å². The van der Waals surface area contributed by atoms with E-state index in [2.05, 4.69) is 5.32 Å². The largest absolute Gasteiger partial charge is 0.395 e. The molecule has 1 rings (SSSR count). The van der Waals surface area contributed by atoms with Crippen molar-refractivity contribution in [3.05, 3.63) is 0 Å². The Morgan fingerprint density at radius 1 is 1.59 bits per heavy atom. The molecule has 1 aliphatic heterocycles.